The molecule has 6 heteroatoms. The van der Waals surface area contributed by atoms with E-state index in [4.69, 9.17) is 10.5 Å². The van der Waals surface area contributed by atoms with Gasteiger partial charge in [0.25, 0.3) is 5.91 Å². The van der Waals surface area contributed by atoms with Crippen LogP contribution in [0.1, 0.15) is 29.6 Å². The third-order valence-corrected chi connectivity index (χ3v) is 4.11. The zero-order chi connectivity index (χ0) is 17.6. The first kappa shape index (κ1) is 17.0. The number of anilines is 1. The molecule has 1 heterocycles. The molecule has 1 saturated heterocycles. The lowest BCUT2D eigenvalue weighted by Crippen LogP contribution is -2.27. The number of carbonyl (C=O) groups is 2. The first-order valence-corrected chi connectivity index (χ1v) is 8.32. The molecule has 25 heavy (non-hydrogen) atoms. The van der Waals surface area contributed by atoms with E-state index >= 15 is 0 Å². The molecule has 2 aromatic carbocycles. The van der Waals surface area contributed by atoms with E-state index in [1.165, 1.54) is 0 Å². The minimum Gasteiger partial charge on any atom is -0.457 e. The standard InChI is InChI=1S/C19H21N3O3/c20-19(24)16-5-1-2-6-17(16)25-15-9-7-13(8-10-15)22-18(23)12-14-4-3-11-21-14/h1-2,5-10,14,21H,3-4,11-12H2,(H2,20,24)(H,22,23). The molecule has 0 radical (unpaired) electrons. The summed E-state index contributed by atoms with van der Waals surface area (Å²) in [7, 11) is 0. The van der Waals surface area contributed by atoms with Crippen molar-refractivity contribution in [2.24, 2.45) is 5.73 Å². The van der Waals surface area contributed by atoms with Gasteiger partial charge < -0.3 is 21.1 Å². The van der Waals surface area contributed by atoms with E-state index < -0.39 is 5.91 Å². The first-order valence-electron chi connectivity index (χ1n) is 8.32. The molecule has 0 aromatic heterocycles. The van der Waals surface area contributed by atoms with Crippen molar-refractivity contribution in [2.75, 3.05) is 11.9 Å². The molecule has 130 valence electrons. The number of ether oxygens (including phenoxy) is 1. The smallest absolute Gasteiger partial charge is 0.252 e. The monoisotopic (exact) mass is 339 g/mol. The number of nitrogens with two attached hydrogens (primary N) is 1. The maximum absolute atomic E-state index is 12.0. The zero-order valence-electron chi connectivity index (χ0n) is 13.8. The molecule has 3 rings (SSSR count). The minimum atomic E-state index is -0.542. The van der Waals surface area contributed by atoms with Gasteiger partial charge in [0.15, 0.2) is 0 Å². The van der Waals surface area contributed by atoms with Crippen molar-refractivity contribution in [2.45, 2.75) is 25.3 Å². The van der Waals surface area contributed by atoms with Crippen molar-refractivity contribution >= 4 is 17.5 Å². The largest absolute Gasteiger partial charge is 0.457 e. The van der Waals surface area contributed by atoms with Crippen LogP contribution >= 0.6 is 0 Å². The Morgan fingerprint density at radius 3 is 2.60 bits per heavy atom. The van der Waals surface area contributed by atoms with Crippen molar-refractivity contribution in [1.82, 2.24) is 5.32 Å². The van der Waals surface area contributed by atoms with Gasteiger partial charge in [0, 0.05) is 18.2 Å². The highest BCUT2D eigenvalue weighted by Gasteiger charge is 2.17. The number of nitrogens with one attached hydrogen (secondary N) is 2. The topological polar surface area (TPSA) is 93.5 Å². The molecule has 0 bridgehead atoms. The van der Waals surface area contributed by atoms with Gasteiger partial charge in [-0.2, -0.15) is 0 Å². The van der Waals surface area contributed by atoms with Crippen molar-refractivity contribution < 1.29 is 14.3 Å². The number of para-hydroxylation sites is 1. The summed E-state index contributed by atoms with van der Waals surface area (Å²) in [5.74, 6) is 0.412. The Kier molecular flexibility index (Phi) is 5.30. The Morgan fingerprint density at radius 1 is 1.16 bits per heavy atom. The molecular weight excluding hydrogens is 318 g/mol. The normalized spacial score (nSPS) is 16.4. The Bertz CT molecular complexity index is 753. The summed E-state index contributed by atoms with van der Waals surface area (Å²) in [5, 5.41) is 6.19. The van der Waals surface area contributed by atoms with Crippen molar-refractivity contribution in [3.05, 3.63) is 54.1 Å². The SMILES string of the molecule is NC(=O)c1ccccc1Oc1ccc(NC(=O)CC2CCCN2)cc1. The molecule has 6 nitrogen and oxygen atoms in total. The van der Waals surface area contributed by atoms with Gasteiger partial charge in [0.05, 0.1) is 5.56 Å². The summed E-state index contributed by atoms with van der Waals surface area (Å²) >= 11 is 0. The summed E-state index contributed by atoms with van der Waals surface area (Å²) in [4.78, 5) is 23.4. The molecule has 0 spiro atoms. The van der Waals surface area contributed by atoms with E-state index in [0.717, 1.165) is 19.4 Å². The molecule has 1 fully saturated rings. The van der Waals surface area contributed by atoms with Crippen LogP contribution in [0.2, 0.25) is 0 Å². The molecule has 1 aliphatic heterocycles. The predicted molar refractivity (Wildman–Crippen MR) is 95.7 cm³/mol. The second-order valence-corrected chi connectivity index (χ2v) is 6.03. The lowest BCUT2D eigenvalue weighted by molar-refractivity contribution is -0.116. The van der Waals surface area contributed by atoms with E-state index in [1.54, 1.807) is 48.5 Å². The van der Waals surface area contributed by atoms with Crippen LogP contribution in [0.3, 0.4) is 0 Å². The van der Waals surface area contributed by atoms with Gasteiger partial charge in [-0.15, -0.1) is 0 Å². The third-order valence-electron chi connectivity index (χ3n) is 4.11. The highest BCUT2D eigenvalue weighted by Crippen LogP contribution is 2.26. The Hall–Kier alpha value is -2.86. The number of hydrogen-bond donors (Lipinski definition) is 3. The van der Waals surface area contributed by atoms with Gasteiger partial charge in [-0.25, -0.2) is 0 Å². The number of amides is 2. The summed E-state index contributed by atoms with van der Waals surface area (Å²) < 4.78 is 5.71. The molecular formula is C19H21N3O3. The predicted octanol–water partition coefficient (Wildman–Crippen LogP) is 2.66. The Morgan fingerprint density at radius 2 is 1.92 bits per heavy atom. The van der Waals surface area contributed by atoms with Crippen LogP contribution in [0.4, 0.5) is 5.69 Å². The fraction of sp³-hybridized carbons (Fsp3) is 0.263. The van der Waals surface area contributed by atoms with Crippen molar-refractivity contribution in [3.63, 3.8) is 0 Å². The number of carbonyl (C=O) groups excluding carboxylic acids is 2. The molecule has 1 atom stereocenters. The molecule has 1 unspecified atom stereocenters. The van der Waals surface area contributed by atoms with Crippen molar-refractivity contribution in [3.8, 4) is 11.5 Å². The van der Waals surface area contributed by atoms with Gasteiger partial charge in [-0.3, -0.25) is 9.59 Å². The van der Waals surface area contributed by atoms with Crippen molar-refractivity contribution in [1.29, 1.82) is 0 Å². The molecule has 0 aliphatic carbocycles. The van der Waals surface area contributed by atoms with Crippen LogP contribution in [0.25, 0.3) is 0 Å². The number of rotatable bonds is 6. The van der Waals surface area contributed by atoms with Gasteiger partial charge in [0.2, 0.25) is 5.91 Å². The van der Waals surface area contributed by atoms with Crippen LogP contribution in [0.5, 0.6) is 11.5 Å². The maximum Gasteiger partial charge on any atom is 0.252 e. The van der Waals surface area contributed by atoms with Gasteiger partial charge in [-0.05, 0) is 55.8 Å². The van der Waals surface area contributed by atoms with E-state index in [0.29, 0.717) is 29.2 Å². The third kappa shape index (κ3) is 4.58. The highest BCUT2D eigenvalue weighted by molar-refractivity contribution is 5.95. The molecule has 2 amide bonds. The maximum atomic E-state index is 12.0. The second-order valence-electron chi connectivity index (χ2n) is 6.03. The number of hydrogen-bond acceptors (Lipinski definition) is 4. The Labute approximate surface area is 146 Å². The zero-order valence-corrected chi connectivity index (χ0v) is 13.8. The average molecular weight is 339 g/mol. The molecule has 4 N–H and O–H groups in total. The van der Waals surface area contributed by atoms with E-state index in [2.05, 4.69) is 10.6 Å². The molecule has 2 aromatic rings. The summed E-state index contributed by atoms with van der Waals surface area (Å²) in [6, 6.07) is 14.1. The average Bonchev–Trinajstić information content (AvgIpc) is 3.10. The van der Waals surface area contributed by atoms with E-state index in [9.17, 15) is 9.59 Å². The Balaban J connectivity index is 1.60. The highest BCUT2D eigenvalue weighted by atomic mass is 16.5. The lowest BCUT2D eigenvalue weighted by atomic mass is 10.1. The van der Waals surface area contributed by atoms with Crippen LogP contribution in [0.15, 0.2) is 48.5 Å². The quantitative estimate of drug-likeness (QED) is 0.754. The van der Waals surface area contributed by atoms with Crippen LogP contribution < -0.4 is 21.1 Å². The first-order chi connectivity index (χ1) is 12.1. The van der Waals surface area contributed by atoms with Gasteiger partial charge >= 0.3 is 0 Å². The lowest BCUT2D eigenvalue weighted by Gasteiger charge is -2.12. The summed E-state index contributed by atoms with van der Waals surface area (Å²) in [6.07, 6.45) is 2.64. The summed E-state index contributed by atoms with van der Waals surface area (Å²) in [6.45, 7) is 0.983. The number of benzene rings is 2. The second kappa shape index (κ2) is 7.81. The van der Waals surface area contributed by atoms with Crippen LogP contribution in [0, 0.1) is 0 Å². The van der Waals surface area contributed by atoms with Crippen LogP contribution in [-0.4, -0.2) is 24.4 Å². The molecule has 1 aliphatic rings. The van der Waals surface area contributed by atoms with Crippen LogP contribution in [-0.2, 0) is 4.79 Å². The van der Waals surface area contributed by atoms with Gasteiger partial charge in [0.1, 0.15) is 11.5 Å². The minimum absolute atomic E-state index is 0.00728. The summed E-state index contributed by atoms with van der Waals surface area (Å²) in [5.41, 5.74) is 6.37. The fourth-order valence-corrected chi connectivity index (χ4v) is 2.86. The van der Waals surface area contributed by atoms with E-state index in [1.807, 2.05) is 0 Å². The number of primary amides is 1. The van der Waals surface area contributed by atoms with E-state index in [-0.39, 0.29) is 11.9 Å². The fourth-order valence-electron chi connectivity index (χ4n) is 2.86. The van der Waals surface area contributed by atoms with Gasteiger partial charge in [-0.1, -0.05) is 12.1 Å². The molecule has 0 saturated carbocycles.